The lowest BCUT2D eigenvalue weighted by molar-refractivity contribution is 0.138. The van der Waals surface area contributed by atoms with Crippen LogP contribution in [0.5, 0.6) is 0 Å². The van der Waals surface area contributed by atoms with Gasteiger partial charge in [-0.15, -0.1) is 0 Å². The quantitative estimate of drug-likeness (QED) is 0.667. The van der Waals surface area contributed by atoms with Gasteiger partial charge in [0.15, 0.2) is 0 Å². The van der Waals surface area contributed by atoms with Gasteiger partial charge in [0.25, 0.3) is 0 Å². The first-order valence-electron chi connectivity index (χ1n) is 5.70. The summed E-state index contributed by atoms with van der Waals surface area (Å²) in [4.78, 5) is 18.9. The van der Waals surface area contributed by atoms with Gasteiger partial charge in [0, 0.05) is 24.8 Å². The van der Waals surface area contributed by atoms with Crippen LogP contribution in [0.4, 0.5) is 4.79 Å². The van der Waals surface area contributed by atoms with E-state index in [0.29, 0.717) is 10.9 Å². The number of carbonyl (C=O) groups excluding carboxylic acids is 1. The lowest BCUT2D eigenvalue weighted by atomic mass is 9.80. The van der Waals surface area contributed by atoms with E-state index in [1.54, 1.807) is 0 Å². The van der Waals surface area contributed by atoms with Crippen LogP contribution >= 0.6 is 0 Å². The van der Waals surface area contributed by atoms with Gasteiger partial charge in [0.1, 0.15) is 0 Å². The van der Waals surface area contributed by atoms with Gasteiger partial charge < -0.3 is 19.4 Å². The van der Waals surface area contributed by atoms with Crippen molar-refractivity contribution in [2.45, 2.75) is 0 Å². The highest BCUT2D eigenvalue weighted by atomic mass is 16.7. The molecule has 0 radical (unpaired) electrons. The van der Waals surface area contributed by atoms with Crippen molar-refractivity contribution >= 4 is 31.3 Å². The summed E-state index contributed by atoms with van der Waals surface area (Å²) in [5.41, 5.74) is 0.686. The second kappa shape index (κ2) is 6.69. The summed E-state index contributed by atoms with van der Waals surface area (Å²) in [6, 6.07) is 5.93. The molecule has 0 aromatic carbocycles. The normalized spacial score (nSPS) is 9.70. The molecule has 7 nitrogen and oxygen atoms in total. The Balaban J connectivity index is 1.90. The molecule has 0 amide bonds. The van der Waals surface area contributed by atoms with Gasteiger partial charge >= 0.3 is 20.4 Å². The van der Waals surface area contributed by atoms with Crippen molar-refractivity contribution in [2.75, 3.05) is 0 Å². The summed E-state index contributed by atoms with van der Waals surface area (Å²) in [5.74, 6) is 0. The zero-order valence-corrected chi connectivity index (χ0v) is 10.3. The molecule has 2 aromatic heterocycles. The molecule has 0 aliphatic heterocycles. The van der Waals surface area contributed by atoms with Gasteiger partial charge in [0.05, 0.1) is 0 Å². The van der Waals surface area contributed by atoms with Crippen molar-refractivity contribution in [3.05, 3.63) is 49.1 Å². The van der Waals surface area contributed by atoms with E-state index in [9.17, 15) is 14.8 Å². The van der Waals surface area contributed by atoms with E-state index in [4.69, 9.17) is 0 Å². The Morgan fingerprint density at radius 3 is 1.55 bits per heavy atom. The fourth-order valence-corrected chi connectivity index (χ4v) is 1.40. The SMILES string of the molecule is O=C(OB(O)c1ccncc1)OB(O)c1ccncc1. The number of hydrogen-bond donors (Lipinski definition) is 2. The Morgan fingerprint density at radius 2 is 1.20 bits per heavy atom. The molecule has 0 spiro atoms. The van der Waals surface area contributed by atoms with E-state index in [2.05, 4.69) is 19.3 Å². The zero-order valence-electron chi connectivity index (χ0n) is 10.3. The maximum Gasteiger partial charge on any atom is 0.564 e. The molecule has 0 saturated carbocycles. The van der Waals surface area contributed by atoms with Crippen LogP contribution in [0.15, 0.2) is 49.1 Å². The van der Waals surface area contributed by atoms with E-state index >= 15 is 0 Å². The minimum absolute atomic E-state index is 0.343. The highest BCUT2D eigenvalue weighted by Crippen LogP contribution is 1.93. The number of hydrogen-bond acceptors (Lipinski definition) is 7. The van der Waals surface area contributed by atoms with Crippen LogP contribution in [-0.4, -0.2) is 40.4 Å². The molecule has 9 heteroatoms. The molecular weight excluding hydrogens is 262 g/mol. The molecule has 0 bridgehead atoms. The number of carbonyl (C=O) groups is 1. The van der Waals surface area contributed by atoms with Crippen molar-refractivity contribution in [1.82, 2.24) is 9.97 Å². The predicted octanol–water partition coefficient (Wildman–Crippen LogP) is -1.30. The molecular formula is C11H10B2N2O5. The molecule has 2 aromatic rings. The Bertz CT molecular complexity index is 508. The highest BCUT2D eigenvalue weighted by molar-refractivity contribution is 6.63. The van der Waals surface area contributed by atoms with Crippen molar-refractivity contribution in [3.63, 3.8) is 0 Å². The highest BCUT2D eigenvalue weighted by Gasteiger charge is 2.27. The standard InChI is InChI=1S/C11H10B2N2O5/c16-11(19-12(17)9-1-5-14-6-2-9)20-13(18)10-3-7-15-8-4-10/h1-8,17-18H. The largest absolute Gasteiger partial charge is 0.564 e. The average Bonchev–Trinajstić information content (AvgIpc) is 2.49. The van der Waals surface area contributed by atoms with Gasteiger partial charge in [-0.05, 0) is 35.2 Å². The Hall–Kier alpha value is -2.38. The van der Waals surface area contributed by atoms with Crippen molar-refractivity contribution in [2.24, 2.45) is 0 Å². The second-order valence-corrected chi connectivity index (χ2v) is 3.75. The molecule has 0 saturated heterocycles. The van der Waals surface area contributed by atoms with E-state index in [-0.39, 0.29) is 0 Å². The van der Waals surface area contributed by atoms with Crippen LogP contribution in [0.2, 0.25) is 0 Å². The maximum absolute atomic E-state index is 11.4. The van der Waals surface area contributed by atoms with Crippen LogP contribution in [0.3, 0.4) is 0 Å². The summed E-state index contributed by atoms with van der Waals surface area (Å²) in [7, 11) is -2.98. The van der Waals surface area contributed by atoms with E-state index in [1.165, 1.54) is 49.1 Å². The van der Waals surface area contributed by atoms with Crippen molar-refractivity contribution in [3.8, 4) is 0 Å². The van der Waals surface area contributed by atoms with Gasteiger partial charge in [-0.2, -0.15) is 0 Å². The molecule has 0 fully saturated rings. The van der Waals surface area contributed by atoms with Gasteiger partial charge in [0.2, 0.25) is 0 Å². The summed E-state index contributed by atoms with van der Waals surface area (Å²) in [5, 5.41) is 19.3. The molecule has 0 atom stereocenters. The molecule has 2 heterocycles. The molecule has 0 unspecified atom stereocenters. The zero-order chi connectivity index (χ0) is 14.4. The molecule has 0 aliphatic carbocycles. The van der Waals surface area contributed by atoms with E-state index in [1.807, 2.05) is 0 Å². The molecule has 100 valence electrons. The summed E-state index contributed by atoms with van der Waals surface area (Å²) >= 11 is 0. The Labute approximate surface area is 115 Å². The number of nitrogens with zero attached hydrogens (tertiary/aromatic N) is 2. The minimum atomic E-state index is -1.49. The lowest BCUT2D eigenvalue weighted by Crippen LogP contribution is -2.41. The van der Waals surface area contributed by atoms with Crippen molar-refractivity contribution < 1.29 is 24.2 Å². The molecule has 20 heavy (non-hydrogen) atoms. The topological polar surface area (TPSA) is 102 Å². The smallest absolute Gasteiger partial charge is 0.474 e. The maximum atomic E-state index is 11.4. The second-order valence-electron chi connectivity index (χ2n) is 3.75. The first-order chi connectivity index (χ1) is 9.66. The van der Waals surface area contributed by atoms with E-state index < -0.39 is 20.4 Å². The third-order valence-electron chi connectivity index (χ3n) is 2.40. The first-order valence-corrected chi connectivity index (χ1v) is 5.70. The third kappa shape index (κ3) is 3.81. The number of rotatable bonds is 4. The molecule has 2 N–H and O–H groups in total. The fourth-order valence-electron chi connectivity index (χ4n) is 1.40. The van der Waals surface area contributed by atoms with Crippen LogP contribution in [-0.2, 0) is 9.31 Å². The van der Waals surface area contributed by atoms with Gasteiger partial charge in [-0.1, -0.05) is 0 Å². The predicted molar refractivity (Wildman–Crippen MR) is 71.3 cm³/mol. The van der Waals surface area contributed by atoms with Gasteiger partial charge in [-0.3, -0.25) is 9.97 Å². The molecule has 2 rings (SSSR count). The average molecular weight is 272 g/mol. The molecule has 0 aliphatic rings. The van der Waals surface area contributed by atoms with E-state index in [0.717, 1.165) is 0 Å². The Kier molecular flexibility index (Phi) is 4.70. The third-order valence-corrected chi connectivity index (χ3v) is 2.40. The minimum Gasteiger partial charge on any atom is -0.474 e. The lowest BCUT2D eigenvalue weighted by Gasteiger charge is -2.11. The Morgan fingerprint density at radius 1 is 0.850 bits per heavy atom. The monoisotopic (exact) mass is 272 g/mol. The summed E-state index contributed by atoms with van der Waals surface area (Å²) in [6.45, 7) is 0. The fraction of sp³-hybridized carbons (Fsp3) is 0. The summed E-state index contributed by atoms with van der Waals surface area (Å²) < 4.78 is 9.24. The van der Waals surface area contributed by atoms with Crippen molar-refractivity contribution in [1.29, 1.82) is 0 Å². The number of aromatic nitrogens is 2. The first kappa shape index (κ1) is 14.0. The number of pyridine rings is 2. The van der Waals surface area contributed by atoms with Crippen LogP contribution in [0.1, 0.15) is 0 Å². The van der Waals surface area contributed by atoms with Crippen LogP contribution in [0.25, 0.3) is 0 Å². The van der Waals surface area contributed by atoms with Crippen LogP contribution < -0.4 is 10.9 Å². The van der Waals surface area contributed by atoms with Crippen LogP contribution in [0, 0.1) is 0 Å². The van der Waals surface area contributed by atoms with Gasteiger partial charge in [-0.25, -0.2) is 4.79 Å². The summed E-state index contributed by atoms with van der Waals surface area (Å²) in [6.07, 6.45) is 4.58.